The zero-order chi connectivity index (χ0) is 12.1. The van der Waals surface area contributed by atoms with E-state index < -0.39 is 5.91 Å². The topological polar surface area (TPSA) is 69.1 Å². The molecule has 1 unspecified atom stereocenters. The lowest BCUT2D eigenvalue weighted by molar-refractivity contribution is 0.0999. The van der Waals surface area contributed by atoms with E-state index in [1.54, 1.807) is 12.1 Å². The van der Waals surface area contributed by atoms with E-state index in [1.165, 1.54) is 0 Å². The number of benzene rings is 1. The van der Waals surface area contributed by atoms with E-state index in [0.29, 0.717) is 11.3 Å². The molecular weight excluding hydrogens is 200 g/mol. The van der Waals surface area contributed by atoms with Crippen molar-refractivity contribution in [2.75, 3.05) is 5.73 Å². The van der Waals surface area contributed by atoms with Crippen molar-refractivity contribution < 1.29 is 4.79 Å². The zero-order valence-electron chi connectivity index (χ0n) is 9.99. The van der Waals surface area contributed by atoms with Gasteiger partial charge in [-0.25, -0.2) is 0 Å². The highest BCUT2D eigenvalue weighted by atomic mass is 16.1. The van der Waals surface area contributed by atoms with Crippen LogP contribution in [0.4, 0.5) is 5.69 Å². The van der Waals surface area contributed by atoms with Gasteiger partial charge in [-0.2, -0.15) is 0 Å². The molecule has 1 aromatic rings. The summed E-state index contributed by atoms with van der Waals surface area (Å²) in [5.41, 5.74) is 13.4. The molecule has 0 radical (unpaired) electrons. The smallest absolute Gasteiger partial charge is 0.249 e. The number of nitrogen functional groups attached to an aromatic ring is 1. The summed E-state index contributed by atoms with van der Waals surface area (Å²) in [6, 6.07) is 5.34. The van der Waals surface area contributed by atoms with Gasteiger partial charge in [0.2, 0.25) is 5.91 Å². The molecule has 0 aliphatic carbocycles. The molecule has 0 aliphatic rings. The van der Waals surface area contributed by atoms with E-state index >= 15 is 0 Å². The predicted molar refractivity (Wildman–Crippen MR) is 67.3 cm³/mol. The van der Waals surface area contributed by atoms with Gasteiger partial charge in [0.1, 0.15) is 0 Å². The normalized spacial score (nSPS) is 12.4. The minimum Gasteiger partial charge on any atom is -0.398 e. The Labute approximate surface area is 96.8 Å². The third-order valence-electron chi connectivity index (χ3n) is 2.89. The number of carbonyl (C=O) groups excluding carboxylic acids is 1. The first-order valence-electron chi connectivity index (χ1n) is 5.76. The maximum absolute atomic E-state index is 11.3. The molecule has 1 rings (SSSR count). The monoisotopic (exact) mass is 220 g/mol. The van der Waals surface area contributed by atoms with Gasteiger partial charge in [-0.1, -0.05) is 32.8 Å². The standard InChI is InChI=1S/C13H20N2O/c1-3-4-6-9(2)12-10(13(15)16)7-5-8-11(12)14/h5,7-9H,3-4,6,14H2,1-2H3,(H2,15,16). The second kappa shape index (κ2) is 5.54. The molecule has 0 aliphatic heterocycles. The third kappa shape index (κ3) is 2.75. The summed E-state index contributed by atoms with van der Waals surface area (Å²) in [6.45, 7) is 4.24. The molecule has 16 heavy (non-hydrogen) atoms. The molecule has 3 heteroatoms. The predicted octanol–water partition coefficient (Wildman–Crippen LogP) is 2.66. The maximum atomic E-state index is 11.3. The van der Waals surface area contributed by atoms with Gasteiger partial charge in [0.05, 0.1) is 0 Å². The average Bonchev–Trinajstić information content (AvgIpc) is 2.25. The third-order valence-corrected chi connectivity index (χ3v) is 2.89. The summed E-state index contributed by atoms with van der Waals surface area (Å²) >= 11 is 0. The molecule has 0 aromatic heterocycles. The Morgan fingerprint density at radius 1 is 1.44 bits per heavy atom. The van der Waals surface area contributed by atoms with Crippen molar-refractivity contribution in [1.82, 2.24) is 0 Å². The fraction of sp³-hybridized carbons (Fsp3) is 0.462. The van der Waals surface area contributed by atoms with Crippen molar-refractivity contribution in [3.63, 3.8) is 0 Å². The molecule has 88 valence electrons. The van der Waals surface area contributed by atoms with Crippen LogP contribution in [-0.2, 0) is 0 Å². The van der Waals surface area contributed by atoms with Crippen molar-refractivity contribution >= 4 is 11.6 Å². The zero-order valence-corrected chi connectivity index (χ0v) is 9.99. The summed E-state index contributed by atoms with van der Waals surface area (Å²) < 4.78 is 0. The Bertz CT molecular complexity index is 374. The minimum atomic E-state index is -0.398. The molecule has 0 saturated carbocycles. The Hall–Kier alpha value is -1.51. The Kier molecular flexibility index (Phi) is 4.35. The number of rotatable bonds is 5. The van der Waals surface area contributed by atoms with Crippen molar-refractivity contribution in [2.45, 2.75) is 39.0 Å². The van der Waals surface area contributed by atoms with Crippen molar-refractivity contribution in [2.24, 2.45) is 5.73 Å². The van der Waals surface area contributed by atoms with Crippen LogP contribution < -0.4 is 11.5 Å². The quantitative estimate of drug-likeness (QED) is 0.749. The number of amides is 1. The first kappa shape index (κ1) is 12.6. The summed E-state index contributed by atoms with van der Waals surface area (Å²) in [5, 5.41) is 0. The van der Waals surface area contributed by atoms with Gasteiger partial charge < -0.3 is 11.5 Å². The van der Waals surface area contributed by atoms with E-state index in [-0.39, 0.29) is 5.92 Å². The lowest BCUT2D eigenvalue weighted by Gasteiger charge is -2.17. The van der Waals surface area contributed by atoms with Crippen LogP contribution in [0.2, 0.25) is 0 Å². The van der Waals surface area contributed by atoms with Crippen LogP contribution in [0.1, 0.15) is 54.9 Å². The number of hydrogen-bond donors (Lipinski definition) is 2. The van der Waals surface area contributed by atoms with Crippen LogP contribution in [0, 0.1) is 0 Å². The van der Waals surface area contributed by atoms with Crippen molar-refractivity contribution in [3.8, 4) is 0 Å². The van der Waals surface area contributed by atoms with Gasteiger partial charge in [0.15, 0.2) is 0 Å². The van der Waals surface area contributed by atoms with Crippen LogP contribution in [0.25, 0.3) is 0 Å². The van der Waals surface area contributed by atoms with Crippen LogP contribution in [0.5, 0.6) is 0 Å². The van der Waals surface area contributed by atoms with Gasteiger partial charge in [-0.15, -0.1) is 0 Å². The van der Waals surface area contributed by atoms with E-state index in [0.717, 1.165) is 24.8 Å². The van der Waals surface area contributed by atoms with Gasteiger partial charge in [-0.3, -0.25) is 4.79 Å². The second-order valence-electron chi connectivity index (χ2n) is 4.22. The van der Waals surface area contributed by atoms with Gasteiger partial charge >= 0.3 is 0 Å². The van der Waals surface area contributed by atoms with E-state index in [9.17, 15) is 4.79 Å². The molecular formula is C13H20N2O. The van der Waals surface area contributed by atoms with Crippen LogP contribution >= 0.6 is 0 Å². The highest BCUT2D eigenvalue weighted by molar-refractivity contribution is 5.96. The Morgan fingerprint density at radius 3 is 2.69 bits per heavy atom. The van der Waals surface area contributed by atoms with Crippen LogP contribution in [-0.4, -0.2) is 5.91 Å². The van der Waals surface area contributed by atoms with Gasteiger partial charge in [-0.05, 0) is 30.0 Å². The molecule has 1 aromatic carbocycles. The molecule has 0 heterocycles. The first-order valence-corrected chi connectivity index (χ1v) is 5.76. The molecule has 3 nitrogen and oxygen atoms in total. The van der Waals surface area contributed by atoms with Gasteiger partial charge in [0.25, 0.3) is 0 Å². The van der Waals surface area contributed by atoms with E-state index in [1.807, 2.05) is 6.07 Å². The fourth-order valence-corrected chi connectivity index (χ4v) is 2.00. The van der Waals surface area contributed by atoms with Crippen LogP contribution in [0.3, 0.4) is 0 Å². The first-order chi connectivity index (χ1) is 7.57. The summed E-state index contributed by atoms with van der Waals surface area (Å²) in [6.07, 6.45) is 3.31. The van der Waals surface area contributed by atoms with Crippen molar-refractivity contribution in [3.05, 3.63) is 29.3 Å². The summed E-state index contributed by atoms with van der Waals surface area (Å²) in [5.74, 6) is -0.116. The highest BCUT2D eigenvalue weighted by Gasteiger charge is 2.16. The summed E-state index contributed by atoms with van der Waals surface area (Å²) in [7, 11) is 0. The molecule has 4 N–H and O–H groups in total. The second-order valence-corrected chi connectivity index (χ2v) is 4.22. The lowest BCUT2D eigenvalue weighted by Crippen LogP contribution is -2.16. The number of primary amides is 1. The molecule has 1 atom stereocenters. The number of hydrogen-bond acceptors (Lipinski definition) is 2. The number of anilines is 1. The molecule has 0 spiro atoms. The fourth-order valence-electron chi connectivity index (χ4n) is 2.00. The van der Waals surface area contributed by atoms with Crippen molar-refractivity contribution in [1.29, 1.82) is 0 Å². The molecule has 0 bridgehead atoms. The number of carbonyl (C=O) groups is 1. The summed E-state index contributed by atoms with van der Waals surface area (Å²) in [4.78, 5) is 11.3. The largest absolute Gasteiger partial charge is 0.398 e. The Morgan fingerprint density at radius 2 is 2.12 bits per heavy atom. The SMILES string of the molecule is CCCCC(C)c1c(N)cccc1C(N)=O. The molecule has 1 amide bonds. The van der Waals surface area contributed by atoms with Crippen LogP contribution in [0.15, 0.2) is 18.2 Å². The van der Waals surface area contributed by atoms with E-state index in [4.69, 9.17) is 11.5 Å². The number of unbranched alkanes of at least 4 members (excludes halogenated alkanes) is 1. The lowest BCUT2D eigenvalue weighted by atomic mass is 9.90. The highest BCUT2D eigenvalue weighted by Crippen LogP contribution is 2.29. The molecule has 0 saturated heterocycles. The Balaban J connectivity index is 3.04. The molecule has 0 fully saturated rings. The number of nitrogens with two attached hydrogens (primary N) is 2. The van der Waals surface area contributed by atoms with Gasteiger partial charge in [0, 0.05) is 11.3 Å². The average molecular weight is 220 g/mol. The van der Waals surface area contributed by atoms with E-state index in [2.05, 4.69) is 13.8 Å². The maximum Gasteiger partial charge on any atom is 0.249 e. The minimum absolute atomic E-state index is 0.281.